The van der Waals surface area contributed by atoms with Crippen LogP contribution in [0.3, 0.4) is 0 Å². The van der Waals surface area contributed by atoms with Crippen molar-refractivity contribution >= 4 is 34.5 Å². The number of nitrogens with zero attached hydrogens (tertiary/aromatic N) is 1. The minimum absolute atomic E-state index is 0.247. The maximum absolute atomic E-state index is 11.5. The molecule has 122 valence electrons. The molecule has 0 saturated carbocycles. The summed E-state index contributed by atoms with van der Waals surface area (Å²) in [5, 5.41) is 0.602. The smallest absolute Gasteiger partial charge is 0.337 e. The lowest BCUT2D eigenvalue weighted by molar-refractivity contribution is 0.0601. The molecule has 2 aromatic carbocycles. The second-order valence-electron chi connectivity index (χ2n) is 4.70. The second kappa shape index (κ2) is 8.10. The van der Waals surface area contributed by atoms with Crippen LogP contribution in [0.4, 0.5) is 5.69 Å². The van der Waals surface area contributed by atoms with E-state index in [2.05, 4.69) is 4.74 Å². The van der Waals surface area contributed by atoms with Crippen LogP contribution in [0.5, 0.6) is 0 Å². The van der Waals surface area contributed by atoms with Gasteiger partial charge in [-0.1, -0.05) is 29.8 Å². The molecule has 2 aromatic rings. The van der Waals surface area contributed by atoms with Crippen LogP contribution in [0.15, 0.2) is 48.5 Å². The van der Waals surface area contributed by atoms with Crippen LogP contribution in [0.25, 0.3) is 0 Å². The second-order valence-corrected chi connectivity index (χ2v) is 5.98. The highest BCUT2D eigenvalue weighted by Crippen LogP contribution is 2.20. The molecule has 0 radical (unpaired) electrons. The number of esters is 1. The number of anilines is 1. The predicted octanol–water partition coefficient (Wildman–Crippen LogP) is 2.97. The predicted molar refractivity (Wildman–Crippen MR) is 89.2 cm³/mol. The van der Waals surface area contributed by atoms with Gasteiger partial charge in [0.2, 0.25) is 0 Å². The molecule has 0 fully saturated rings. The molecule has 0 bridgehead atoms. The molecule has 2 rings (SSSR count). The number of benzene rings is 2. The molecule has 0 spiro atoms. The van der Waals surface area contributed by atoms with E-state index in [0.29, 0.717) is 22.7 Å². The third kappa shape index (κ3) is 4.54. The highest BCUT2D eigenvalue weighted by Gasteiger charge is 2.11. The van der Waals surface area contributed by atoms with Crippen LogP contribution < -0.4 is 4.31 Å². The molecular weight excluding hydrogens is 338 g/mol. The summed E-state index contributed by atoms with van der Waals surface area (Å²) >= 11 is 3.65. The first-order valence-electron chi connectivity index (χ1n) is 6.81. The SMILES string of the molecule is COC(=O)c1ccc(N(CCc2ccccc2Cl)S(=O)[O-])cc1. The fourth-order valence-corrected chi connectivity index (χ4v) is 2.86. The van der Waals surface area contributed by atoms with Gasteiger partial charge in [0, 0.05) is 28.5 Å². The van der Waals surface area contributed by atoms with Crippen LogP contribution in [-0.2, 0) is 22.4 Å². The summed E-state index contributed by atoms with van der Waals surface area (Å²) in [6.45, 7) is 0.247. The van der Waals surface area contributed by atoms with Gasteiger partial charge in [-0.15, -0.1) is 0 Å². The Balaban J connectivity index is 2.14. The average molecular weight is 353 g/mol. The minimum Gasteiger partial charge on any atom is -0.755 e. The Labute approximate surface area is 142 Å². The van der Waals surface area contributed by atoms with Gasteiger partial charge < -0.3 is 13.6 Å². The fraction of sp³-hybridized carbons (Fsp3) is 0.188. The summed E-state index contributed by atoms with van der Waals surface area (Å²) in [4.78, 5) is 11.4. The van der Waals surface area contributed by atoms with Crippen molar-refractivity contribution in [2.45, 2.75) is 6.42 Å². The van der Waals surface area contributed by atoms with Gasteiger partial charge in [0.25, 0.3) is 0 Å². The Bertz CT molecular complexity index is 705. The van der Waals surface area contributed by atoms with Gasteiger partial charge in [-0.25, -0.2) is 4.79 Å². The van der Waals surface area contributed by atoms with E-state index < -0.39 is 17.2 Å². The van der Waals surface area contributed by atoms with Gasteiger partial charge in [-0.2, -0.15) is 0 Å². The highest BCUT2D eigenvalue weighted by molar-refractivity contribution is 7.80. The van der Waals surface area contributed by atoms with Crippen molar-refractivity contribution in [3.63, 3.8) is 0 Å². The van der Waals surface area contributed by atoms with Gasteiger partial charge in [0.1, 0.15) is 0 Å². The maximum atomic E-state index is 11.5. The maximum Gasteiger partial charge on any atom is 0.337 e. The number of carbonyl (C=O) groups excluding carboxylic acids is 1. The van der Waals surface area contributed by atoms with Crippen molar-refractivity contribution < 1.29 is 18.3 Å². The molecule has 5 nitrogen and oxygen atoms in total. The van der Waals surface area contributed by atoms with Gasteiger partial charge in [-0.3, -0.25) is 4.21 Å². The molecule has 0 aliphatic carbocycles. The third-order valence-electron chi connectivity index (χ3n) is 3.30. The topological polar surface area (TPSA) is 69.7 Å². The molecule has 1 unspecified atom stereocenters. The summed E-state index contributed by atoms with van der Waals surface area (Å²) < 4.78 is 28.8. The summed E-state index contributed by atoms with van der Waals surface area (Å²) in [6.07, 6.45) is 0.479. The van der Waals surface area contributed by atoms with E-state index in [1.165, 1.54) is 23.5 Å². The zero-order valence-corrected chi connectivity index (χ0v) is 14.0. The molecule has 0 aliphatic heterocycles. The van der Waals surface area contributed by atoms with E-state index in [1.807, 2.05) is 18.2 Å². The highest BCUT2D eigenvalue weighted by atomic mass is 35.5. The lowest BCUT2D eigenvalue weighted by Crippen LogP contribution is -2.27. The van der Waals surface area contributed by atoms with E-state index in [1.54, 1.807) is 18.2 Å². The summed E-state index contributed by atoms with van der Waals surface area (Å²) in [5.41, 5.74) is 1.70. The van der Waals surface area contributed by atoms with E-state index in [9.17, 15) is 13.6 Å². The molecular formula is C16H15ClNO4S-. The molecule has 0 aliphatic rings. The van der Waals surface area contributed by atoms with Crippen molar-refractivity contribution in [3.05, 3.63) is 64.7 Å². The van der Waals surface area contributed by atoms with E-state index in [-0.39, 0.29) is 6.54 Å². The number of hydrogen-bond donors (Lipinski definition) is 0. The number of rotatable bonds is 6. The van der Waals surface area contributed by atoms with Gasteiger partial charge in [0.05, 0.1) is 12.7 Å². The normalized spacial score (nSPS) is 11.8. The van der Waals surface area contributed by atoms with Crippen LogP contribution in [0.1, 0.15) is 15.9 Å². The average Bonchev–Trinajstić information content (AvgIpc) is 2.56. The van der Waals surface area contributed by atoms with Crippen molar-refractivity contribution in [1.29, 1.82) is 0 Å². The molecule has 0 amide bonds. The molecule has 0 aromatic heterocycles. The number of hydrogen-bond acceptors (Lipinski definition) is 4. The van der Waals surface area contributed by atoms with Crippen LogP contribution in [0.2, 0.25) is 5.02 Å². The Morgan fingerprint density at radius 2 is 1.87 bits per heavy atom. The zero-order valence-electron chi connectivity index (χ0n) is 12.4. The lowest BCUT2D eigenvalue weighted by Gasteiger charge is -2.26. The Morgan fingerprint density at radius 3 is 2.43 bits per heavy atom. The molecule has 23 heavy (non-hydrogen) atoms. The Morgan fingerprint density at radius 1 is 1.22 bits per heavy atom. The third-order valence-corrected chi connectivity index (χ3v) is 4.42. The fourth-order valence-electron chi connectivity index (χ4n) is 2.09. The molecule has 1 atom stereocenters. The van der Waals surface area contributed by atoms with Crippen LogP contribution >= 0.6 is 11.6 Å². The van der Waals surface area contributed by atoms with Gasteiger partial charge in [0.15, 0.2) is 0 Å². The number of halogens is 1. The first-order chi connectivity index (χ1) is 11.0. The standard InChI is InChI=1S/C16H16ClNO4S/c1-22-16(19)13-6-8-14(9-7-13)18(23(20)21)11-10-12-4-2-3-5-15(12)17/h2-9H,10-11H2,1H3,(H,20,21)/p-1. The molecule has 0 saturated heterocycles. The molecule has 7 heteroatoms. The number of ether oxygens (including phenoxy) is 1. The van der Waals surface area contributed by atoms with E-state index in [4.69, 9.17) is 11.6 Å². The molecule has 0 heterocycles. The Kier molecular flexibility index (Phi) is 6.15. The van der Waals surface area contributed by atoms with Gasteiger partial charge >= 0.3 is 5.97 Å². The monoisotopic (exact) mass is 352 g/mol. The van der Waals surface area contributed by atoms with E-state index in [0.717, 1.165) is 5.56 Å². The molecule has 0 N–H and O–H groups in total. The van der Waals surface area contributed by atoms with Crippen molar-refractivity contribution in [1.82, 2.24) is 0 Å². The van der Waals surface area contributed by atoms with Crippen LogP contribution in [0, 0.1) is 0 Å². The first kappa shape index (κ1) is 17.5. The minimum atomic E-state index is -2.43. The Hall–Kier alpha value is -1.89. The van der Waals surface area contributed by atoms with Crippen molar-refractivity contribution in [3.8, 4) is 0 Å². The first-order valence-corrected chi connectivity index (χ1v) is 8.22. The van der Waals surface area contributed by atoms with Crippen LogP contribution in [-0.4, -0.2) is 28.4 Å². The van der Waals surface area contributed by atoms with E-state index >= 15 is 0 Å². The van der Waals surface area contributed by atoms with Crippen molar-refractivity contribution in [2.24, 2.45) is 0 Å². The van der Waals surface area contributed by atoms with Crippen molar-refractivity contribution in [2.75, 3.05) is 18.0 Å². The number of carbonyl (C=O) groups is 1. The number of methoxy groups -OCH3 is 1. The quantitative estimate of drug-likeness (QED) is 0.592. The summed E-state index contributed by atoms with van der Waals surface area (Å²) in [7, 11) is 1.29. The summed E-state index contributed by atoms with van der Waals surface area (Å²) in [5.74, 6) is -0.470. The summed E-state index contributed by atoms with van der Waals surface area (Å²) in [6, 6.07) is 13.5. The zero-order chi connectivity index (χ0) is 16.8. The largest absolute Gasteiger partial charge is 0.755 e. The lowest BCUT2D eigenvalue weighted by atomic mass is 10.1. The van der Waals surface area contributed by atoms with Gasteiger partial charge in [-0.05, 0) is 42.3 Å².